The minimum atomic E-state index is -0.266. The van der Waals surface area contributed by atoms with Crippen molar-refractivity contribution in [1.29, 1.82) is 0 Å². The van der Waals surface area contributed by atoms with Crippen LogP contribution in [-0.4, -0.2) is 27.4 Å². The third kappa shape index (κ3) is 4.05. The molecule has 6 heteroatoms. The molecule has 2 saturated carbocycles. The van der Waals surface area contributed by atoms with E-state index in [0.717, 1.165) is 17.4 Å². The molecule has 0 radical (unpaired) electrons. The molecular weight excluding hydrogens is 358 g/mol. The van der Waals surface area contributed by atoms with Crippen molar-refractivity contribution in [3.05, 3.63) is 29.8 Å². The molecule has 144 valence electrons. The highest BCUT2D eigenvalue weighted by molar-refractivity contribution is 8.00. The Morgan fingerprint density at radius 1 is 1.19 bits per heavy atom. The highest BCUT2D eigenvalue weighted by Crippen LogP contribution is 2.49. The molecule has 27 heavy (non-hydrogen) atoms. The van der Waals surface area contributed by atoms with E-state index in [1.807, 2.05) is 38.1 Å². The van der Waals surface area contributed by atoms with Crippen molar-refractivity contribution >= 4 is 17.7 Å². The molecule has 5 unspecified atom stereocenters. The lowest BCUT2D eigenvalue weighted by atomic mass is 9.84. The first-order valence-electron chi connectivity index (χ1n) is 9.87. The van der Waals surface area contributed by atoms with E-state index in [1.165, 1.54) is 43.0 Å². The number of benzene rings is 1. The van der Waals surface area contributed by atoms with Crippen LogP contribution in [0.25, 0.3) is 11.5 Å². The number of fused-ring (bicyclic) bond motifs is 2. The molecule has 1 N–H and O–H groups in total. The molecule has 0 saturated heterocycles. The van der Waals surface area contributed by atoms with E-state index < -0.39 is 0 Å². The first-order valence-corrected chi connectivity index (χ1v) is 10.7. The summed E-state index contributed by atoms with van der Waals surface area (Å²) in [5.41, 5.74) is 2.07. The fourth-order valence-electron chi connectivity index (χ4n) is 4.63. The Morgan fingerprint density at radius 3 is 2.63 bits per heavy atom. The number of nitrogens with one attached hydrogen (secondary N) is 1. The average molecular weight is 386 g/mol. The van der Waals surface area contributed by atoms with Gasteiger partial charge in [-0.2, -0.15) is 0 Å². The normalized spacial score (nSPS) is 26.1. The maximum atomic E-state index is 12.6. The monoisotopic (exact) mass is 385 g/mol. The van der Waals surface area contributed by atoms with E-state index in [9.17, 15) is 4.79 Å². The van der Waals surface area contributed by atoms with Crippen molar-refractivity contribution in [2.45, 2.75) is 63.0 Å². The van der Waals surface area contributed by atoms with Crippen LogP contribution in [0.2, 0.25) is 0 Å². The van der Waals surface area contributed by atoms with Crippen molar-refractivity contribution < 1.29 is 9.21 Å². The molecule has 2 aromatic rings. The van der Waals surface area contributed by atoms with Crippen LogP contribution >= 0.6 is 11.8 Å². The van der Waals surface area contributed by atoms with Crippen LogP contribution in [-0.2, 0) is 4.79 Å². The second-order valence-corrected chi connectivity index (χ2v) is 9.43. The molecular formula is C21H27N3O2S. The van der Waals surface area contributed by atoms with E-state index in [1.54, 1.807) is 0 Å². The minimum Gasteiger partial charge on any atom is -0.411 e. The average Bonchev–Trinajstić information content (AvgIpc) is 3.39. The zero-order valence-electron chi connectivity index (χ0n) is 16.1. The Balaban J connectivity index is 1.32. The molecule has 2 aliphatic rings. The largest absolute Gasteiger partial charge is 0.411 e. The molecule has 0 aliphatic heterocycles. The number of carbonyl (C=O) groups is 1. The van der Waals surface area contributed by atoms with Gasteiger partial charge in [-0.05, 0) is 69.9 Å². The molecule has 5 nitrogen and oxygen atoms in total. The highest BCUT2D eigenvalue weighted by atomic mass is 32.2. The molecule has 2 fully saturated rings. The molecule has 2 aliphatic carbocycles. The fourth-order valence-corrected chi connectivity index (χ4v) is 5.32. The van der Waals surface area contributed by atoms with Gasteiger partial charge in [0.1, 0.15) is 0 Å². The minimum absolute atomic E-state index is 0.0466. The van der Waals surface area contributed by atoms with Crippen LogP contribution in [0, 0.1) is 24.7 Å². The van der Waals surface area contributed by atoms with Crippen LogP contribution in [0.3, 0.4) is 0 Å². The van der Waals surface area contributed by atoms with Crippen LogP contribution in [0.4, 0.5) is 0 Å². The Morgan fingerprint density at radius 2 is 1.96 bits per heavy atom. The summed E-state index contributed by atoms with van der Waals surface area (Å²) < 4.78 is 5.74. The van der Waals surface area contributed by atoms with Gasteiger partial charge in [0.15, 0.2) is 0 Å². The van der Waals surface area contributed by atoms with Gasteiger partial charge >= 0.3 is 0 Å². The Labute approximate surface area is 164 Å². The number of aryl methyl sites for hydroxylation is 1. The van der Waals surface area contributed by atoms with Gasteiger partial charge in [-0.1, -0.05) is 35.9 Å². The predicted molar refractivity (Wildman–Crippen MR) is 106 cm³/mol. The molecule has 0 spiro atoms. The summed E-state index contributed by atoms with van der Waals surface area (Å²) in [5, 5.41) is 11.6. The van der Waals surface area contributed by atoms with Gasteiger partial charge in [0, 0.05) is 11.6 Å². The molecule has 2 bridgehead atoms. The summed E-state index contributed by atoms with van der Waals surface area (Å²) >= 11 is 1.32. The van der Waals surface area contributed by atoms with Gasteiger partial charge in [-0.15, -0.1) is 10.2 Å². The molecule has 1 aromatic carbocycles. The molecule has 5 atom stereocenters. The van der Waals surface area contributed by atoms with Crippen molar-refractivity contribution in [2.75, 3.05) is 0 Å². The SMILES string of the molecule is Cc1ccc(-c2nnc(SC(C)C(=O)NC(C)C3CC4CCC3C4)o2)cc1. The van der Waals surface area contributed by atoms with E-state index >= 15 is 0 Å². The van der Waals surface area contributed by atoms with Gasteiger partial charge in [-0.25, -0.2) is 0 Å². The Kier molecular flexibility index (Phi) is 5.26. The fraction of sp³-hybridized carbons (Fsp3) is 0.571. The number of hydrogen-bond donors (Lipinski definition) is 1. The number of thioether (sulfide) groups is 1. The summed E-state index contributed by atoms with van der Waals surface area (Å²) in [6.45, 7) is 6.09. The lowest BCUT2D eigenvalue weighted by Gasteiger charge is -2.29. The lowest BCUT2D eigenvalue weighted by Crippen LogP contribution is -2.43. The van der Waals surface area contributed by atoms with Gasteiger partial charge in [0.2, 0.25) is 11.8 Å². The highest BCUT2D eigenvalue weighted by Gasteiger charge is 2.42. The molecule has 4 rings (SSSR count). The Bertz CT molecular complexity index is 804. The van der Waals surface area contributed by atoms with E-state index in [4.69, 9.17) is 4.42 Å². The zero-order valence-corrected chi connectivity index (χ0v) is 17.0. The maximum absolute atomic E-state index is 12.6. The van der Waals surface area contributed by atoms with Gasteiger partial charge in [0.25, 0.3) is 5.22 Å². The van der Waals surface area contributed by atoms with Crippen molar-refractivity contribution in [1.82, 2.24) is 15.5 Å². The smallest absolute Gasteiger partial charge is 0.277 e. The standard InChI is InChI=1S/C21H27N3O2S/c1-12-4-7-16(8-5-12)20-23-24-21(26-20)27-14(3)19(25)22-13(2)18-11-15-6-9-17(18)10-15/h4-5,7-8,13-15,17-18H,6,9-11H2,1-3H3,(H,22,25). The lowest BCUT2D eigenvalue weighted by molar-refractivity contribution is -0.121. The number of amides is 1. The first-order chi connectivity index (χ1) is 13.0. The van der Waals surface area contributed by atoms with Gasteiger partial charge in [0.05, 0.1) is 5.25 Å². The predicted octanol–water partition coefficient (Wildman–Crippen LogP) is 4.47. The molecule has 1 amide bonds. The van der Waals surface area contributed by atoms with Crippen LogP contribution < -0.4 is 5.32 Å². The van der Waals surface area contributed by atoms with E-state index in [-0.39, 0.29) is 17.2 Å². The Hall–Kier alpha value is -1.82. The quantitative estimate of drug-likeness (QED) is 0.743. The zero-order chi connectivity index (χ0) is 19.0. The van der Waals surface area contributed by atoms with Crippen LogP contribution in [0.15, 0.2) is 33.9 Å². The molecule has 1 heterocycles. The topological polar surface area (TPSA) is 68.0 Å². The van der Waals surface area contributed by atoms with Crippen molar-refractivity contribution in [2.24, 2.45) is 17.8 Å². The summed E-state index contributed by atoms with van der Waals surface area (Å²) in [7, 11) is 0. The van der Waals surface area contributed by atoms with E-state index in [0.29, 0.717) is 17.0 Å². The molecule has 1 aromatic heterocycles. The second kappa shape index (κ2) is 7.66. The summed E-state index contributed by atoms with van der Waals surface area (Å²) in [4.78, 5) is 12.6. The van der Waals surface area contributed by atoms with Crippen LogP contribution in [0.5, 0.6) is 0 Å². The number of hydrogen-bond acceptors (Lipinski definition) is 5. The number of rotatable bonds is 6. The van der Waals surface area contributed by atoms with Crippen molar-refractivity contribution in [3.8, 4) is 11.5 Å². The summed E-state index contributed by atoms with van der Waals surface area (Å²) in [5.74, 6) is 2.87. The maximum Gasteiger partial charge on any atom is 0.277 e. The van der Waals surface area contributed by atoms with Crippen LogP contribution in [0.1, 0.15) is 45.1 Å². The number of nitrogens with zero attached hydrogens (tertiary/aromatic N) is 2. The number of carbonyl (C=O) groups excluding carboxylic acids is 1. The number of aromatic nitrogens is 2. The summed E-state index contributed by atoms with van der Waals surface area (Å²) in [6.07, 6.45) is 5.36. The van der Waals surface area contributed by atoms with Gasteiger partial charge in [-0.3, -0.25) is 4.79 Å². The van der Waals surface area contributed by atoms with Crippen molar-refractivity contribution in [3.63, 3.8) is 0 Å². The third-order valence-electron chi connectivity index (χ3n) is 6.16. The first kappa shape index (κ1) is 18.5. The van der Waals surface area contributed by atoms with Gasteiger partial charge < -0.3 is 9.73 Å². The second-order valence-electron chi connectivity index (χ2n) is 8.14. The third-order valence-corrected chi connectivity index (χ3v) is 7.09. The van der Waals surface area contributed by atoms with E-state index in [2.05, 4.69) is 22.4 Å². The summed E-state index contributed by atoms with van der Waals surface area (Å²) in [6, 6.07) is 8.19.